The van der Waals surface area contributed by atoms with E-state index in [1.54, 1.807) is 31.2 Å². The number of nitro groups is 1. The molecule has 3 aromatic rings. The van der Waals surface area contributed by atoms with Crippen molar-refractivity contribution >= 4 is 22.8 Å². The zero-order chi connectivity index (χ0) is 19.4. The van der Waals surface area contributed by atoms with Gasteiger partial charge in [-0.05, 0) is 31.2 Å². The van der Waals surface area contributed by atoms with Crippen molar-refractivity contribution < 1.29 is 23.6 Å². The van der Waals surface area contributed by atoms with Crippen LogP contribution in [0.1, 0.15) is 13.0 Å². The third kappa shape index (κ3) is 3.97. The third-order valence-electron chi connectivity index (χ3n) is 3.89. The van der Waals surface area contributed by atoms with E-state index in [4.69, 9.17) is 13.9 Å². The number of carbonyl (C=O) groups is 1. The molecule has 0 spiro atoms. The molecule has 0 bridgehead atoms. The number of oxazole rings is 1. The monoisotopic (exact) mass is 372 g/mol. The van der Waals surface area contributed by atoms with Gasteiger partial charge in [0.05, 0.1) is 10.4 Å². The van der Waals surface area contributed by atoms with Crippen molar-refractivity contribution in [2.24, 2.45) is 0 Å². The maximum absolute atomic E-state index is 12.2. The number of hydrogen-bond donors (Lipinski definition) is 0. The standard InChI is InChI=1S/C18H16N2O7/c1-12(19-15-4-2-3-5-16(15)27-18(19)22)17(21)26-11-10-25-14-8-6-13(7-9-14)20(23)24/h2-9,12H,10-11H2,1H3. The molecule has 1 unspecified atom stereocenters. The van der Waals surface area contributed by atoms with Gasteiger partial charge in [-0.1, -0.05) is 12.1 Å². The highest BCUT2D eigenvalue weighted by Crippen LogP contribution is 2.18. The fourth-order valence-corrected chi connectivity index (χ4v) is 2.54. The fourth-order valence-electron chi connectivity index (χ4n) is 2.54. The van der Waals surface area contributed by atoms with Gasteiger partial charge < -0.3 is 13.9 Å². The van der Waals surface area contributed by atoms with E-state index in [1.807, 2.05) is 0 Å². The van der Waals surface area contributed by atoms with Crippen LogP contribution in [0.2, 0.25) is 0 Å². The molecule has 9 nitrogen and oxygen atoms in total. The van der Waals surface area contributed by atoms with Crippen LogP contribution in [0.3, 0.4) is 0 Å². The van der Waals surface area contributed by atoms with Crippen LogP contribution in [0.25, 0.3) is 11.1 Å². The SMILES string of the molecule is CC(C(=O)OCCOc1ccc([N+](=O)[O-])cc1)n1c(=O)oc2ccccc21. The van der Waals surface area contributed by atoms with Gasteiger partial charge in [0.15, 0.2) is 5.58 Å². The molecule has 0 amide bonds. The Morgan fingerprint density at radius 3 is 2.59 bits per heavy atom. The van der Waals surface area contributed by atoms with Crippen molar-refractivity contribution in [1.29, 1.82) is 0 Å². The van der Waals surface area contributed by atoms with Crippen LogP contribution < -0.4 is 10.5 Å². The summed E-state index contributed by atoms with van der Waals surface area (Å²) in [4.78, 5) is 34.3. The van der Waals surface area contributed by atoms with Crippen LogP contribution in [0.15, 0.2) is 57.7 Å². The first-order chi connectivity index (χ1) is 13.0. The van der Waals surface area contributed by atoms with Crippen molar-refractivity contribution in [2.45, 2.75) is 13.0 Å². The van der Waals surface area contributed by atoms with Crippen LogP contribution >= 0.6 is 0 Å². The molecule has 0 radical (unpaired) electrons. The molecule has 0 N–H and O–H groups in total. The second-order valence-corrected chi connectivity index (χ2v) is 5.65. The normalized spacial score (nSPS) is 11.9. The summed E-state index contributed by atoms with van der Waals surface area (Å²) < 4.78 is 16.8. The van der Waals surface area contributed by atoms with Crippen molar-refractivity contribution in [2.75, 3.05) is 13.2 Å². The van der Waals surface area contributed by atoms with E-state index < -0.39 is 22.7 Å². The lowest BCUT2D eigenvalue weighted by molar-refractivity contribution is -0.384. The predicted molar refractivity (Wildman–Crippen MR) is 94.7 cm³/mol. The molecule has 0 aliphatic heterocycles. The molecule has 0 fully saturated rings. The van der Waals surface area contributed by atoms with Gasteiger partial charge in [-0.25, -0.2) is 9.59 Å². The Morgan fingerprint density at radius 2 is 1.89 bits per heavy atom. The number of ether oxygens (including phenoxy) is 2. The Labute approximate surface area is 152 Å². The van der Waals surface area contributed by atoms with Crippen molar-refractivity contribution in [3.05, 3.63) is 69.2 Å². The smallest absolute Gasteiger partial charge is 0.420 e. The minimum Gasteiger partial charge on any atom is -0.490 e. The second kappa shape index (κ2) is 7.73. The van der Waals surface area contributed by atoms with Gasteiger partial charge in [-0.3, -0.25) is 14.7 Å². The number of hydrogen-bond acceptors (Lipinski definition) is 7. The number of aromatic nitrogens is 1. The average molecular weight is 372 g/mol. The number of non-ortho nitro benzene ring substituents is 1. The molecule has 1 atom stereocenters. The third-order valence-corrected chi connectivity index (χ3v) is 3.89. The lowest BCUT2D eigenvalue weighted by Crippen LogP contribution is -2.27. The van der Waals surface area contributed by atoms with Crippen molar-refractivity contribution in [3.63, 3.8) is 0 Å². The molecule has 1 aromatic heterocycles. The maximum atomic E-state index is 12.2. The van der Waals surface area contributed by atoms with Crippen molar-refractivity contribution in [3.8, 4) is 5.75 Å². The summed E-state index contributed by atoms with van der Waals surface area (Å²) in [5, 5.41) is 10.6. The first-order valence-electron chi connectivity index (χ1n) is 8.11. The Morgan fingerprint density at radius 1 is 1.19 bits per heavy atom. The maximum Gasteiger partial charge on any atom is 0.420 e. The number of nitro benzene ring substituents is 1. The molecule has 0 saturated carbocycles. The minimum atomic E-state index is -0.861. The molecule has 3 rings (SSSR count). The van der Waals surface area contributed by atoms with Crippen LogP contribution in [0.5, 0.6) is 5.75 Å². The highest BCUT2D eigenvalue weighted by Gasteiger charge is 2.22. The quantitative estimate of drug-likeness (QED) is 0.271. The Balaban J connectivity index is 1.55. The number of esters is 1. The zero-order valence-corrected chi connectivity index (χ0v) is 14.4. The highest BCUT2D eigenvalue weighted by molar-refractivity contribution is 5.79. The van der Waals surface area contributed by atoms with Gasteiger partial charge in [0, 0.05) is 12.1 Å². The van der Waals surface area contributed by atoms with E-state index in [1.165, 1.54) is 28.8 Å². The van der Waals surface area contributed by atoms with E-state index in [0.29, 0.717) is 16.8 Å². The highest BCUT2D eigenvalue weighted by atomic mass is 16.6. The van der Waals surface area contributed by atoms with E-state index in [-0.39, 0.29) is 18.9 Å². The van der Waals surface area contributed by atoms with Gasteiger partial charge in [0.25, 0.3) is 5.69 Å². The van der Waals surface area contributed by atoms with Gasteiger partial charge in [-0.2, -0.15) is 0 Å². The second-order valence-electron chi connectivity index (χ2n) is 5.65. The van der Waals surface area contributed by atoms with Crippen LogP contribution in [-0.2, 0) is 9.53 Å². The van der Waals surface area contributed by atoms with E-state index in [2.05, 4.69) is 0 Å². The molecule has 0 aliphatic carbocycles. The summed E-state index contributed by atoms with van der Waals surface area (Å²) >= 11 is 0. The summed E-state index contributed by atoms with van der Waals surface area (Å²) in [6, 6.07) is 11.5. The number of benzene rings is 2. The summed E-state index contributed by atoms with van der Waals surface area (Å²) in [5.74, 6) is -0.819. The number of rotatable bonds is 7. The number of fused-ring (bicyclic) bond motifs is 1. The van der Waals surface area contributed by atoms with E-state index in [9.17, 15) is 19.7 Å². The molecular weight excluding hydrogens is 356 g/mol. The summed E-state index contributed by atoms with van der Waals surface area (Å²) in [5.41, 5.74) is 0.859. The van der Waals surface area contributed by atoms with Gasteiger partial charge in [0.2, 0.25) is 0 Å². The molecule has 0 aliphatic rings. The van der Waals surface area contributed by atoms with Gasteiger partial charge in [-0.15, -0.1) is 0 Å². The Hall–Kier alpha value is -3.62. The fraction of sp³-hybridized carbons (Fsp3) is 0.222. The molecular formula is C18H16N2O7. The van der Waals surface area contributed by atoms with Crippen LogP contribution in [0.4, 0.5) is 5.69 Å². The van der Waals surface area contributed by atoms with E-state index >= 15 is 0 Å². The van der Waals surface area contributed by atoms with Gasteiger partial charge >= 0.3 is 11.7 Å². The van der Waals surface area contributed by atoms with Crippen LogP contribution in [0, 0.1) is 10.1 Å². The molecule has 2 aromatic carbocycles. The topological polar surface area (TPSA) is 114 Å². The summed E-state index contributed by atoms with van der Waals surface area (Å²) in [6.45, 7) is 1.57. The Kier molecular flexibility index (Phi) is 5.20. The first kappa shape index (κ1) is 18.2. The van der Waals surface area contributed by atoms with Crippen LogP contribution in [-0.4, -0.2) is 28.7 Å². The molecule has 1 heterocycles. The molecule has 0 saturated heterocycles. The number of para-hydroxylation sites is 2. The van der Waals surface area contributed by atoms with Gasteiger partial charge in [0.1, 0.15) is 25.0 Å². The van der Waals surface area contributed by atoms with E-state index in [0.717, 1.165) is 0 Å². The molecule has 140 valence electrons. The average Bonchev–Trinajstić information content (AvgIpc) is 3.00. The predicted octanol–water partition coefficient (Wildman–Crippen LogP) is 2.69. The summed E-state index contributed by atoms with van der Waals surface area (Å²) in [6.07, 6.45) is 0. The molecule has 27 heavy (non-hydrogen) atoms. The number of carbonyl (C=O) groups excluding carboxylic acids is 1. The number of nitrogens with zero attached hydrogens (tertiary/aromatic N) is 2. The largest absolute Gasteiger partial charge is 0.490 e. The minimum absolute atomic E-state index is 0.0370. The van der Waals surface area contributed by atoms with Crippen molar-refractivity contribution in [1.82, 2.24) is 4.57 Å². The lowest BCUT2D eigenvalue weighted by Gasteiger charge is -2.13. The first-order valence-corrected chi connectivity index (χ1v) is 8.11. The zero-order valence-electron chi connectivity index (χ0n) is 14.4. The molecule has 9 heteroatoms. The Bertz CT molecular complexity index is 1020. The lowest BCUT2D eigenvalue weighted by atomic mass is 10.3. The summed E-state index contributed by atoms with van der Waals surface area (Å²) in [7, 11) is 0.